The lowest BCUT2D eigenvalue weighted by Gasteiger charge is -2.34. The first-order chi connectivity index (χ1) is 21.5. The van der Waals surface area contributed by atoms with Crippen molar-refractivity contribution in [3.8, 4) is 0 Å². The van der Waals surface area contributed by atoms with Gasteiger partial charge in [0.15, 0.2) is 0 Å². The van der Waals surface area contributed by atoms with Crippen LogP contribution in [0.4, 0.5) is 10.1 Å². The number of nitrogens with zero attached hydrogens (tertiary/aromatic N) is 2. The molecule has 0 aliphatic heterocycles. The Hall–Kier alpha value is -4.50. The maximum Gasteiger partial charge on any atom is 0.264 e. The summed E-state index contributed by atoms with van der Waals surface area (Å²) in [7, 11) is -4.21. The predicted octanol–water partition coefficient (Wildman–Crippen LogP) is 6.19. The van der Waals surface area contributed by atoms with Crippen LogP contribution in [0.25, 0.3) is 0 Å². The Balaban J connectivity index is 1.83. The zero-order valence-electron chi connectivity index (χ0n) is 26.1. The van der Waals surface area contributed by atoms with E-state index in [1.165, 1.54) is 23.1 Å². The number of hydrogen-bond acceptors (Lipinski definition) is 4. The molecule has 45 heavy (non-hydrogen) atoms. The molecule has 0 spiro atoms. The lowest BCUT2D eigenvalue weighted by Crippen LogP contribution is -2.54. The zero-order chi connectivity index (χ0) is 32.6. The standard InChI is InChI=1S/C36H40FN3O4S/c1-5-28(4)38-36(42)34(23-29-14-8-6-9-15-29)39(24-30-16-12-13-19-33(30)37)35(41)25-40(31-21-26(2)20-27(3)22-31)45(43,44)32-17-10-7-11-18-32/h6-22,28,34H,5,23-25H2,1-4H3,(H,38,42)/t28-,34+/m1/s1. The van der Waals surface area contributed by atoms with Gasteiger partial charge in [-0.1, -0.05) is 79.7 Å². The molecule has 0 aliphatic rings. The van der Waals surface area contributed by atoms with Gasteiger partial charge in [0.1, 0.15) is 18.4 Å². The SMILES string of the molecule is CC[C@@H](C)NC(=O)[C@H](Cc1ccccc1)N(Cc1ccccc1F)C(=O)CN(c1cc(C)cc(C)c1)S(=O)(=O)c1ccccc1. The molecule has 0 saturated heterocycles. The van der Waals surface area contributed by atoms with Crippen LogP contribution in [0.2, 0.25) is 0 Å². The molecule has 0 radical (unpaired) electrons. The molecule has 0 aliphatic carbocycles. The number of sulfonamides is 1. The summed E-state index contributed by atoms with van der Waals surface area (Å²) in [6, 6.07) is 27.3. The van der Waals surface area contributed by atoms with E-state index in [1.807, 2.05) is 64.1 Å². The summed E-state index contributed by atoms with van der Waals surface area (Å²) < 4.78 is 44.4. The van der Waals surface area contributed by atoms with Gasteiger partial charge in [0.05, 0.1) is 10.6 Å². The smallest absolute Gasteiger partial charge is 0.264 e. The molecule has 0 aromatic heterocycles. The van der Waals surface area contributed by atoms with Gasteiger partial charge in [-0.05, 0) is 74.2 Å². The Morgan fingerprint density at radius 2 is 1.42 bits per heavy atom. The van der Waals surface area contributed by atoms with E-state index >= 15 is 4.39 Å². The summed E-state index contributed by atoms with van der Waals surface area (Å²) in [6.45, 7) is 6.68. The average molecular weight is 630 g/mol. The fourth-order valence-corrected chi connectivity index (χ4v) is 6.57. The van der Waals surface area contributed by atoms with Gasteiger partial charge in [-0.3, -0.25) is 13.9 Å². The summed E-state index contributed by atoms with van der Waals surface area (Å²) in [6.07, 6.45) is 0.819. The van der Waals surface area contributed by atoms with Crippen molar-refractivity contribution in [3.05, 3.63) is 131 Å². The summed E-state index contributed by atoms with van der Waals surface area (Å²) >= 11 is 0. The third-order valence-electron chi connectivity index (χ3n) is 7.68. The van der Waals surface area contributed by atoms with Crippen LogP contribution in [-0.4, -0.2) is 43.8 Å². The molecular weight excluding hydrogens is 589 g/mol. The van der Waals surface area contributed by atoms with E-state index in [-0.39, 0.29) is 29.5 Å². The summed E-state index contributed by atoms with van der Waals surface area (Å²) in [4.78, 5) is 29.7. The average Bonchev–Trinajstić information content (AvgIpc) is 3.02. The van der Waals surface area contributed by atoms with E-state index in [2.05, 4.69) is 5.32 Å². The van der Waals surface area contributed by atoms with Crippen LogP contribution in [-0.2, 0) is 32.6 Å². The zero-order valence-corrected chi connectivity index (χ0v) is 26.9. The highest BCUT2D eigenvalue weighted by Crippen LogP contribution is 2.27. The molecule has 2 amide bonds. The van der Waals surface area contributed by atoms with Gasteiger partial charge in [0.25, 0.3) is 10.0 Å². The summed E-state index contributed by atoms with van der Waals surface area (Å²) in [5, 5.41) is 2.98. The van der Waals surface area contributed by atoms with Crippen molar-refractivity contribution in [1.29, 1.82) is 0 Å². The first-order valence-corrected chi connectivity index (χ1v) is 16.5. The maximum atomic E-state index is 15.1. The van der Waals surface area contributed by atoms with Gasteiger partial charge in [-0.25, -0.2) is 12.8 Å². The van der Waals surface area contributed by atoms with Crippen LogP contribution in [0.3, 0.4) is 0 Å². The number of amides is 2. The Morgan fingerprint density at radius 1 is 0.844 bits per heavy atom. The molecule has 4 aromatic rings. The molecule has 4 rings (SSSR count). The quantitative estimate of drug-likeness (QED) is 0.191. The van der Waals surface area contributed by atoms with E-state index in [4.69, 9.17) is 0 Å². The van der Waals surface area contributed by atoms with Crippen molar-refractivity contribution in [1.82, 2.24) is 10.2 Å². The van der Waals surface area contributed by atoms with Crippen LogP contribution in [0.1, 0.15) is 42.5 Å². The van der Waals surface area contributed by atoms with Crippen molar-refractivity contribution < 1.29 is 22.4 Å². The molecule has 4 aromatic carbocycles. The molecular formula is C36H40FN3O4S. The largest absolute Gasteiger partial charge is 0.352 e. The van der Waals surface area contributed by atoms with E-state index in [9.17, 15) is 18.0 Å². The van der Waals surface area contributed by atoms with Crippen molar-refractivity contribution >= 4 is 27.5 Å². The fourth-order valence-electron chi connectivity index (χ4n) is 5.15. The highest BCUT2D eigenvalue weighted by molar-refractivity contribution is 7.92. The predicted molar refractivity (Wildman–Crippen MR) is 176 cm³/mol. The number of aryl methyl sites for hydroxylation is 2. The molecule has 0 fully saturated rings. The Bertz CT molecular complexity index is 1690. The first kappa shape index (κ1) is 33.4. The van der Waals surface area contributed by atoms with E-state index in [0.29, 0.717) is 12.1 Å². The molecule has 0 saturated carbocycles. The second kappa shape index (κ2) is 15.0. The highest BCUT2D eigenvalue weighted by atomic mass is 32.2. The number of nitrogens with one attached hydrogen (secondary N) is 1. The molecule has 1 N–H and O–H groups in total. The third-order valence-corrected chi connectivity index (χ3v) is 9.46. The number of halogens is 1. The molecule has 0 unspecified atom stereocenters. The van der Waals surface area contributed by atoms with E-state index in [1.54, 1.807) is 48.5 Å². The minimum atomic E-state index is -4.21. The van der Waals surface area contributed by atoms with Gasteiger partial charge in [-0.2, -0.15) is 0 Å². The van der Waals surface area contributed by atoms with Gasteiger partial charge >= 0.3 is 0 Å². The van der Waals surface area contributed by atoms with E-state index < -0.39 is 40.2 Å². The minimum Gasteiger partial charge on any atom is -0.352 e. The van der Waals surface area contributed by atoms with Crippen molar-refractivity contribution in [2.45, 2.75) is 64.1 Å². The Kier molecular flexibility index (Phi) is 11.1. The molecule has 7 nitrogen and oxygen atoms in total. The summed E-state index contributed by atoms with van der Waals surface area (Å²) in [5.74, 6) is -1.57. The monoisotopic (exact) mass is 629 g/mol. The van der Waals surface area contributed by atoms with Gasteiger partial charge in [-0.15, -0.1) is 0 Å². The van der Waals surface area contributed by atoms with Gasteiger partial charge < -0.3 is 10.2 Å². The molecule has 0 bridgehead atoms. The second-order valence-electron chi connectivity index (χ2n) is 11.3. The lowest BCUT2D eigenvalue weighted by molar-refractivity contribution is -0.140. The molecule has 236 valence electrons. The lowest BCUT2D eigenvalue weighted by atomic mass is 10.0. The van der Waals surface area contributed by atoms with Crippen LogP contribution in [0.15, 0.2) is 108 Å². The number of carbonyl (C=O) groups is 2. The van der Waals surface area contributed by atoms with Crippen LogP contribution < -0.4 is 9.62 Å². The molecule has 9 heteroatoms. The van der Waals surface area contributed by atoms with Crippen molar-refractivity contribution in [2.75, 3.05) is 10.8 Å². The number of benzene rings is 4. The van der Waals surface area contributed by atoms with E-state index in [0.717, 1.165) is 21.0 Å². The highest BCUT2D eigenvalue weighted by Gasteiger charge is 2.35. The van der Waals surface area contributed by atoms with Crippen LogP contribution in [0, 0.1) is 19.7 Å². The van der Waals surface area contributed by atoms with Crippen LogP contribution in [0.5, 0.6) is 0 Å². The minimum absolute atomic E-state index is 0.0213. The first-order valence-electron chi connectivity index (χ1n) is 15.0. The topological polar surface area (TPSA) is 86.8 Å². The third kappa shape index (κ3) is 8.57. The normalized spacial score (nSPS) is 12.6. The van der Waals surface area contributed by atoms with Crippen molar-refractivity contribution in [2.24, 2.45) is 0 Å². The van der Waals surface area contributed by atoms with Gasteiger partial charge in [0, 0.05) is 24.6 Å². The summed E-state index contributed by atoms with van der Waals surface area (Å²) in [5.41, 5.74) is 2.98. The fraction of sp³-hybridized carbons (Fsp3) is 0.278. The maximum absolute atomic E-state index is 15.1. The second-order valence-corrected chi connectivity index (χ2v) is 13.2. The number of anilines is 1. The van der Waals surface area contributed by atoms with Crippen molar-refractivity contribution in [3.63, 3.8) is 0 Å². The molecule has 0 heterocycles. The van der Waals surface area contributed by atoms with Gasteiger partial charge in [0.2, 0.25) is 11.8 Å². The number of carbonyl (C=O) groups excluding carboxylic acids is 2. The molecule has 2 atom stereocenters. The number of rotatable bonds is 13. The number of hydrogen-bond donors (Lipinski definition) is 1. The van der Waals surface area contributed by atoms with Crippen LogP contribution >= 0.6 is 0 Å². The Labute approximate surface area is 265 Å². The Morgan fingerprint density at radius 3 is 2.02 bits per heavy atom.